The molecule has 2 fully saturated rings. The summed E-state index contributed by atoms with van der Waals surface area (Å²) in [5.41, 5.74) is 4.49. The van der Waals surface area contributed by atoms with Gasteiger partial charge in [0.05, 0.1) is 0 Å². The zero-order valence-electron chi connectivity index (χ0n) is 11.0. The van der Waals surface area contributed by atoms with E-state index in [9.17, 15) is 0 Å². The van der Waals surface area contributed by atoms with Crippen LogP contribution in [0.4, 0.5) is 0 Å². The van der Waals surface area contributed by atoms with Gasteiger partial charge < -0.3 is 9.13 Å². The van der Waals surface area contributed by atoms with E-state index in [1.165, 1.54) is 64.7 Å². The van der Waals surface area contributed by atoms with Crippen LogP contribution < -0.4 is 0 Å². The topological polar surface area (TPSA) is 6.48 Å². The van der Waals surface area contributed by atoms with Gasteiger partial charge in [0.1, 0.15) is 0 Å². The summed E-state index contributed by atoms with van der Waals surface area (Å²) >= 11 is 0. The minimum Gasteiger partial charge on any atom is -0.305 e. The third-order valence-corrected chi connectivity index (χ3v) is 8.45. The van der Waals surface area contributed by atoms with Crippen molar-refractivity contribution in [2.75, 3.05) is 26.2 Å². The van der Waals surface area contributed by atoms with Crippen molar-refractivity contribution in [3.8, 4) is 0 Å². The van der Waals surface area contributed by atoms with Crippen LogP contribution in [0.25, 0.3) is 0 Å². The molecule has 2 saturated heterocycles. The van der Waals surface area contributed by atoms with E-state index in [1.807, 2.05) is 0 Å². The van der Waals surface area contributed by atoms with Gasteiger partial charge in [0.25, 0.3) is 8.40 Å². The Morgan fingerprint density at radius 2 is 1.00 bits per heavy atom. The zero-order valence-corrected chi connectivity index (χ0v) is 12.0. The lowest BCUT2D eigenvalue weighted by Gasteiger charge is -2.48. The van der Waals surface area contributed by atoms with Crippen LogP contribution in [0.2, 0.25) is 0 Å². The maximum atomic E-state index is 4.16. The Hall–Kier alpha value is -0.383. The van der Waals surface area contributed by atoms with Crippen LogP contribution >= 0.6 is 0 Å². The maximum absolute atomic E-state index is 4.16. The molecule has 0 spiro atoms. The molecule has 0 aromatic rings. The SMILES string of the molecule is C=C[Si](C=C)(N1CCCCC1)N1CCCCC1. The van der Waals surface area contributed by atoms with Gasteiger partial charge in [-0.2, -0.15) is 0 Å². The van der Waals surface area contributed by atoms with Gasteiger partial charge in [-0.3, -0.25) is 0 Å². The molecule has 0 aromatic carbocycles. The number of piperidine rings is 2. The predicted octanol–water partition coefficient (Wildman–Crippen LogP) is 2.85. The molecule has 2 heterocycles. The highest BCUT2D eigenvalue weighted by atomic mass is 28.3. The third kappa shape index (κ3) is 2.56. The Kier molecular flexibility index (Phi) is 4.60. The van der Waals surface area contributed by atoms with Crippen molar-refractivity contribution < 1.29 is 0 Å². The molecule has 2 aliphatic heterocycles. The van der Waals surface area contributed by atoms with Gasteiger partial charge in [-0.15, -0.1) is 13.2 Å². The van der Waals surface area contributed by atoms with Crippen LogP contribution in [0.3, 0.4) is 0 Å². The first-order chi connectivity index (χ1) is 8.33. The van der Waals surface area contributed by atoms with Crippen LogP contribution in [0.15, 0.2) is 24.6 Å². The summed E-state index contributed by atoms with van der Waals surface area (Å²) in [4.78, 5) is 0. The Morgan fingerprint density at radius 1 is 0.647 bits per heavy atom. The summed E-state index contributed by atoms with van der Waals surface area (Å²) < 4.78 is 5.42. The van der Waals surface area contributed by atoms with E-state index in [0.717, 1.165) is 0 Å². The van der Waals surface area contributed by atoms with Crippen molar-refractivity contribution in [3.05, 3.63) is 24.6 Å². The highest BCUT2D eigenvalue weighted by Crippen LogP contribution is 2.26. The van der Waals surface area contributed by atoms with Crippen molar-refractivity contribution >= 4 is 8.40 Å². The quantitative estimate of drug-likeness (QED) is 0.708. The van der Waals surface area contributed by atoms with E-state index in [-0.39, 0.29) is 0 Å². The molecule has 0 N–H and O–H groups in total. The van der Waals surface area contributed by atoms with Crippen molar-refractivity contribution in [2.24, 2.45) is 0 Å². The minimum absolute atomic E-state index is 1.25. The van der Waals surface area contributed by atoms with Crippen LogP contribution in [0, 0.1) is 0 Å². The fourth-order valence-electron chi connectivity index (χ4n) is 3.30. The summed E-state index contributed by atoms with van der Waals surface area (Å²) in [7, 11) is -1.75. The average Bonchev–Trinajstić information content (AvgIpc) is 2.43. The molecule has 0 aliphatic carbocycles. The van der Waals surface area contributed by atoms with Gasteiger partial charge in [-0.05, 0) is 51.9 Å². The highest BCUT2D eigenvalue weighted by Gasteiger charge is 2.41. The fourth-order valence-corrected chi connectivity index (χ4v) is 6.97. The molecule has 3 heteroatoms. The summed E-state index contributed by atoms with van der Waals surface area (Å²) in [6, 6.07) is 0. The number of rotatable bonds is 4. The normalized spacial score (nSPS) is 24.5. The van der Waals surface area contributed by atoms with Crippen LogP contribution in [-0.2, 0) is 0 Å². The average molecular weight is 250 g/mol. The molecule has 0 saturated carbocycles. The summed E-state index contributed by atoms with van der Waals surface area (Å²) in [5.74, 6) is 0. The Bertz CT molecular complexity index is 237. The molecular formula is C14H26N2Si. The number of hydrogen-bond donors (Lipinski definition) is 0. The van der Waals surface area contributed by atoms with Gasteiger partial charge >= 0.3 is 0 Å². The van der Waals surface area contributed by atoms with E-state index < -0.39 is 8.40 Å². The van der Waals surface area contributed by atoms with E-state index in [4.69, 9.17) is 0 Å². The second-order valence-electron chi connectivity index (χ2n) is 5.29. The predicted molar refractivity (Wildman–Crippen MR) is 77.0 cm³/mol. The smallest absolute Gasteiger partial charge is 0.256 e. The van der Waals surface area contributed by atoms with E-state index in [2.05, 4.69) is 33.7 Å². The van der Waals surface area contributed by atoms with Crippen LogP contribution in [-0.4, -0.2) is 43.7 Å². The molecule has 0 unspecified atom stereocenters. The Morgan fingerprint density at radius 3 is 1.29 bits per heavy atom. The lowest BCUT2D eigenvalue weighted by molar-refractivity contribution is 0.272. The van der Waals surface area contributed by atoms with Gasteiger partial charge in [0.15, 0.2) is 0 Å². The van der Waals surface area contributed by atoms with E-state index in [1.54, 1.807) is 0 Å². The largest absolute Gasteiger partial charge is 0.305 e. The first-order valence-electron chi connectivity index (χ1n) is 7.11. The monoisotopic (exact) mass is 250 g/mol. The number of nitrogens with zero attached hydrogens (tertiary/aromatic N) is 2. The zero-order chi connectivity index (χ0) is 12.1. The molecule has 0 atom stereocenters. The number of hydrogen-bond acceptors (Lipinski definition) is 2. The molecule has 2 rings (SSSR count). The molecule has 17 heavy (non-hydrogen) atoms. The molecule has 2 nitrogen and oxygen atoms in total. The first kappa shape index (κ1) is 13.1. The molecule has 2 aliphatic rings. The van der Waals surface area contributed by atoms with Gasteiger partial charge in [-0.1, -0.05) is 24.2 Å². The van der Waals surface area contributed by atoms with Crippen molar-refractivity contribution in [2.45, 2.75) is 38.5 Å². The van der Waals surface area contributed by atoms with Crippen LogP contribution in [0.1, 0.15) is 38.5 Å². The van der Waals surface area contributed by atoms with Crippen molar-refractivity contribution in [1.82, 2.24) is 9.13 Å². The van der Waals surface area contributed by atoms with Gasteiger partial charge in [0, 0.05) is 0 Å². The highest BCUT2D eigenvalue weighted by molar-refractivity contribution is 6.83. The van der Waals surface area contributed by atoms with Crippen molar-refractivity contribution in [1.29, 1.82) is 0 Å². The summed E-state index contributed by atoms with van der Waals surface area (Å²) in [6.45, 7) is 13.3. The van der Waals surface area contributed by atoms with Crippen LogP contribution in [0.5, 0.6) is 0 Å². The molecular weight excluding hydrogens is 224 g/mol. The molecule has 0 aromatic heterocycles. The molecule has 0 bridgehead atoms. The fraction of sp³-hybridized carbons (Fsp3) is 0.714. The Labute approximate surface area is 107 Å². The second-order valence-corrected chi connectivity index (χ2v) is 8.93. The molecule has 0 amide bonds. The third-order valence-electron chi connectivity index (χ3n) is 4.33. The van der Waals surface area contributed by atoms with Gasteiger partial charge in [0.2, 0.25) is 0 Å². The lowest BCUT2D eigenvalue weighted by atomic mass is 10.2. The minimum atomic E-state index is -1.75. The first-order valence-corrected chi connectivity index (χ1v) is 9.16. The molecule has 96 valence electrons. The summed E-state index contributed by atoms with van der Waals surface area (Å²) in [5, 5.41) is 0. The standard InChI is InChI=1S/C14H26N2Si/c1-3-17(4-2,15-11-7-5-8-12-15)16-13-9-6-10-14-16/h3-4H,1-2,5-14H2. The van der Waals surface area contributed by atoms with E-state index >= 15 is 0 Å². The van der Waals surface area contributed by atoms with Crippen molar-refractivity contribution in [3.63, 3.8) is 0 Å². The van der Waals surface area contributed by atoms with Gasteiger partial charge in [-0.25, -0.2) is 0 Å². The maximum Gasteiger partial charge on any atom is 0.256 e. The van der Waals surface area contributed by atoms with E-state index in [0.29, 0.717) is 0 Å². The molecule has 0 radical (unpaired) electrons. The Balaban J connectivity index is 2.16. The second kappa shape index (κ2) is 5.98. The lowest BCUT2D eigenvalue weighted by Crippen LogP contribution is -2.65. The summed E-state index contributed by atoms with van der Waals surface area (Å²) in [6.07, 6.45) is 8.20.